The summed E-state index contributed by atoms with van der Waals surface area (Å²) >= 11 is 1.87. The number of likely N-dealkylation sites (tertiary alicyclic amines) is 1. The third kappa shape index (κ3) is 5.79. The molecule has 2 aliphatic rings. The lowest BCUT2D eigenvalue weighted by molar-refractivity contribution is 0.122. The fraction of sp³-hybridized carbons (Fsp3) is 0.542. The highest BCUT2D eigenvalue weighted by atomic mass is 32.1. The molecule has 2 saturated heterocycles. The standard InChI is InChI=1S/C24H35N5OS/c1-25-24(26-17-19-7-9-21(10-8-19)29-12-14-30-15-13-29)27-18-20-5-3-11-28(2)23(20)22-6-4-16-31-22/h4,6-10,16,20,23H,3,5,11-15,17-18H2,1-2H3,(H2,25,26,27). The van der Waals surface area contributed by atoms with Gasteiger partial charge in [-0.3, -0.25) is 9.89 Å². The molecule has 0 spiro atoms. The maximum absolute atomic E-state index is 5.45. The number of aliphatic imine (C=N–C) groups is 1. The van der Waals surface area contributed by atoms with Crippen LogP contribution >= 0.6 is 11.3 Å². The zero-order chi connectivity index (χ0) is 21.5. The number of anilines is 1. The van der Waals surface area contributed by atoms with E-state index in [0.717, 1.165) is 45.4 Å². The quantitative estimate of drug-likeness (QED) is 0.532. The highest BCUT2D eigenvalue weighted by molar-refractivity contribution is 7.10. The van der Waals surface area contributed by atoms with Crippen LogP contribution in [0.15, 0.2) is 46.8 Å². The minimum atomic E-state index is 0.493. The first-order valence-electron chi connectivity index (χ1n) is 11.3. The Labute approximate surface area is 190 Å². The van der Waals surface area contributed by atoms with Crippen molar-refractivity contribution in [3.8, 4) is 0 Å². The molecule has 1 aromatic carbocycles. The topological polar surface area (TPSA) is 52.1 Å². The fourth-order valence-electron chi connectivity index (χ4n) is 4.66. The van der Waals surface area contributed by atoms with Gasteiger partial charge >= 0.3 is 0 Å². The Morgan fingerprint density at radius 2 is 1.94 bits per heavy atom. The minimum Gasteiger partial charge on any atom is -0.378 e. The van der Waals surface area contributed by atoms with Crippen LogP contribution in [0.4, 0.5) is 5.69 Å². The molecule has 0 amide bonds. The molecular formula is C24H35N5OS. The number of thiophene rings is 1. The van der Waals surface area contributed by atoms with Gasteiger partial charge < -0.3 is 20.3 Å². The van der Waals surface area contributed by atoms with E-state index in [0.29, 0.717) is 12.0 Å². The Morgan fingerprint density at radius 1 is 1.13 bits per heavy atom. The smallest absolute Gasteiger partial charge is 0.191 e. The van der Waals surface area contributed by atoms with Crippen molar-refractivity contribution < 1.29 is 4.74 Å². The Morgan fingerprint density at radius 3 is 2.65 bits per heavy atom. The number of ether oxygens (including phenoxy) is 1. The van der Waals surface area contributed by atoms with E-state index in [1.807, 2.05) is 18.4 Å². The average Bonchev–Trinajstić information content (AvgIpc) is 3.34. The highest BCUT2D eigenvalue weighted by Gasteiger charge is 2.31. The van der Waals surface area contributed by atoms with E-state index in [9.17, 15) is 0 Å². The van der Waals surface area contributed by atoms with Crippen molar-refractivity contribution in [3.63, 3.8) is 0 Å². The molecule has 7 heteroatoms. The summed E-state index contributed by atoms with van der Waals surface area (Å²) in [6.07, 6.45) is 2.51. The largest absolute Gasteiger partial charge is 0.378 e. The van der Waals surface area contributed by atoms with Gasteiger partial charge in [0.2, 0.25) is 0 Å². The van der Waals surface area contributed by atoms with Crippen molar-refractivity contribution >= 4 is 23.0 Å². The molecule has 6 nitrogen and oxygen atoms in total. The average molecular weight is 442 g/mol. The number of benzene rings is 1. The van der Waals surface area contributed by atoms with Crippen LogP contribution in [0.1, 0.15) is 29.3 Å². The molecule has 2 aromatic rings. The van der Waals surface area contributed by atoms with Crippen molar-refractivity contribution in [2.24, 2.45) is 10.9 Å². The van der Waals surface area contributed by atoms with Crippen LogP contribution in [0.5, 0.6) is 0 Å². The second-order valence-corrected chi connectivity index (χ2v) is 9.39. The predicted octanol–water partition coefficient (Wildman–Crippen LogP) is 3.33. The molecule has 2 fully saturated rings. The molecule has 168 valence electrons. The Bertz CT molecular complexity index is 817. The minimum absolute atomic E-state index is 0.493. The van der Waals surface area contributed by atoms with Crippen LogP contribution in [0, 0.1) is 5.92 Å². The summed E-state index contributed by atoms with van der Waals surface area (Å²) in [6.45, 7) is 6.44. The normalized spacial score (nSPS) is 23.0. The number of guanidine groups is 1. The lowest BCUT2D eigenvalue weighted by atomic mass is 9.88. The number of nitrogens with one attached hydrogen (secondary N) is 2. The maximum Gasteiger partial charge on any atom is 0.191 e. The van der Waals surface area contributed by atoms with Gasteiger partial charge in [0, 0.05) is 49.8 Å². The molecule has 3 heterocycles. The Kier molecular flexibility index (Phi) is 7.83. The summed E-state index contributed by atoms with van der Waals surface area (Å²) in [4.78, 5) is 10.8. The summed E-state index contributed by atoms with van der Waals surface area (Å²) in [7, 11) is 4.10. The second kappa shape index (κ2) is 11.0. The lowest BCUT2D eigenvalue weighted by Gasteiger charge is -2.39. The van der Waals surface area contributed by atoms with Gasteiger partial charge in [-0.1, -0.05) is 18.2 Å². The van der Waals surface area contributed by atoms with Gasteiger partial charge in [0.25, 0.3) is 0 Å². The Balaban J connectivity index is 1.28. The van der Waals surface area contributed by atoms with Crippen molar-refractivity contribution in [2.75, 3.05) is 58.4 Å². The summed E-state index contributed by atoms with van der Waals surface area (Å²) in [6, 6.07) is 13.8. The monoisotopic (exact) mass is 441 g/mol. The van der Waals surface area contributed by atoms with Crippen LogP contribution in [0.2, 0.25) is 0 Å². The molecule has 2 atom stereocenters. The number of rotatable bonds is 6. The van der Waals surface area contributed by atoms with Crippen LogP contribution in [0.25, 0.3) is 0 Å². The third-order valence-electron chi connectivity index (χ3n) is 6.37. The van der Waals surface area contributed by atoms with E-state index >= 15 is 0 Å². The molecule has 0 saturated carbocycles. The summed E-state index contributed by atoms with van der Waals surface area (Å²) in [5.74, 6) is 1.46. The molecule has 1 aromatic heterocycles. The molecule has 2 N–H and O–H groups in total. The molecule has 2 unspecified atom stereocenters. The van der Waals surface area contributed by atoms with Crippen molar-refractivity contribution in [3.05, 3.63) is 52.2 Å². The number of hydrogen-bond acceptors (Lipinski definition) is 5. The predicted molar refractivity (Wildman–Crippen MR) is 130 cm³/mol. The van der Waals surface area contributed by atoms with Gasteiger partial charge in [0.05, 0.1) is 13.2 Å². The fourth-order valence-corrected chi connectivity index (χ4v) is 5.65. The molecule has 0 aliphatic carbocycles. The van der Waals surface area contributed by atoms with Crippen molar-refractivity contribution in [1.29, 1.82) is 0 Å². The van der Waals surface area contributed by atoms with E-state index in [2.05, 4.69) is 74.3 Å². The molecule has 0 bridgehead atoms. The number of hydrogen-bond donors (Lipinski definition) is 2. The summed E-state index contributed by atoms with van der Waals surface area (Å²) in [5, 5.41) is 9.25. The number of nitrogens with zero attached hydrogens (tertiary/aromatic N) is 3. The molecule has 4 rings (SSSR count). The van der Waals surface area contributed by atoms with Gasteiger partial charge in [-0.2, -0.15) is 0 Å². The number of piperidine rings is 1. The molecule has 2 aliphatic heterocycles. The van der Waals surface area contributed by atoms with E-state index in [1.54, 1.807) is 0 Å². The maximum atomic E-state index is 5.45. The summed E-state index contributed by atoms with van der Waals surface area (Å²) in [5.41, 5.74) is 2.53. The third-order valence-corrected chi connectivity index (χ3v) is 7.31. The first-order chi connectivity index (χ1) is 15.2. The highest BCUT2D eigenvalue weighted by Crippen LogP contribution is 2.36. The zero-order valence-corrected chi connectivity index (χ0v) is 19.5. The summed E-state index contributed by atoms with van der Waals surface area (Å²) < 4.78 is 5.45. The molecular weight excluding hydrogens is 406 g/mol. The van der Waals surface area contributed by atoms with Crippen LogP contribution in [-0.4, -0.2) is 64.3 Å². The second-order valence-electron chi connectivity index (χ2n) is 8.42. The SMILES string of the molecule is CN=C(NCc1ccc(N2CCOCC2)cc1)NCC1CCCN(C)C1c1cccs1. The van der Waals surface area contributed by atoms with Crippen molar-refractivity contribution in [1.82, 2.24) is 15.5 Å². The van der Waals surface area contributed by atoms with Crippen LogP contribution < -0.4 is 15.5 Å². The van der Waals surface area contributed by atoms with Gasteiger partial charge in [-0.15, -0.1) is 11.3 Å². The zero-order valence-electron chi connectivity index (χ0n) is 18.7. The van der Waals surface area contributed by atoms with E-state index in [-0.39, 0.29) is 0 Å². The van der Waals surface area contributed by atoms with E-state index in [1.165, 1.54) is 35.5 Å². The Hall–Kier alpha value is -2.09. The van der Waals surface area contributed by atoms with E-state index in [4.69, 9.17) is 4.74 Å². The molecule has 31 heavy (non-hydrogen) atoms. The lowest BCUT2D eigenvalue weighted by Crippen LogP contribution is -2.44. The van der Waals surface area contributed by atoms with Crippen LogP contribution in [0.3, 0.4) is 0 Å². The van der Waals surface area contributed by atoms with E-state index < -0.39 is 0 Å². The van der Waals surface area contributed by atoms with Crippen LogP contribution in [-0.2, 0) is 11.3 Å². The first-order valence-corrected chi connectivity index (χ1v) is 12.2. The van der Waals surface area contributed by atoms with Crippen molar-refractivity contribution in [2.45, 2.75) is 25.4 Å². The van der Waals surface area contributed by atoms with Gasteiger partial charge in [-0.25, -0.2) is 0 Å². The first kappa shape index (κ1) is 22.1. The van der Waals surface area contributed by atoms with Gasteiger partial charge in [0.15, 0.2) is 5.96 Å². The van der Waals surface area contributed by atoms with Gasteiger partial charge in [0.1, 0.15) is 0 Å². The number of morpholine rings is 1. The molecule has 0 radical (unpaired) electrons. The van der Waals surface area contributed by atoms with Gasteiger partial charge in [-0.05, 0) is 61.5 Å².